The molecule has 0 atom stereocenters. The van der Waals surface area contributed by atoms with E-state index < -0.39 is 10.0 Å². The Bertz CT molecular complexity index is 712. The lowest BCUT2D eigenvalue weighted by atomic mass is 10.3. The highest BCUT2D eigenvalue weighted by Gasteiger charge is 2.14. The molecule has 0 saturated heterocycles. The van der Waals surface area contributed by atoms with Crippen LogP contribution < -0.4 is 5.32 Å². The third-order valence-electron chi connectivity index (χ3n) is 3.23. The highest BCUT2D eigenvalue weighted by Crippen LogP contribution is 2.27. The molecule has 0 aliphatic heterocycles. The molecular weight excluding hydrogens is 308 g/mol. The summed E-state index contributed by atoms with van der Waals surface area (Å²) in [7, 11) is -1.48. The molecule has 0 aliphatic rings. The zero-order valence-corrected chi connectivity index (χ0v) is 14.1. The van der Waals surface area contributed by atoms with Crippen molar-refractivity contribution >= 4 is 37.4 Å². The lowest BCUT2D eigenvalue weighted by Gasteiger charge is -2.16. The Morgan fingerprint density at radius 2 is 2.14 bits per heavy atom. The topological polar surface area (TPSA) is 75.2 Å². The third-order valence-corrected chi connectivity index (χ3v) is 6.05. The first kappa shape index (κ1) is 16.1. The molecule has 0 spiro atoms. The number of hydrogen-bond acceptors (Lipinski definition) is 6. The van der Waals surface area contributed by atoms with Gasteiger partial charge in [0.15, 0.2) is 0 Å². The number of nitrogens with one attached hydrogen (secondary N) is 1. The van der Waals surface area contributed by atoms with Crippen LogP contribution in [0.4, 0.5) is 5.82 Å². The highest BCUT2D eigenvalue weighted by atomic mass is 32.2. The SMILES string of the molecule is CCS(=O)(=O)N(C)CCCNc1ncnc2sc(C)cc12. The molecule has 2 aromatic rings. The highest BCUT2D eigenvalue weighted by molar-refractivity contribution is 7.89. The summed E-state index contributed by atoms with van der Waals surface area (Å²) in [4.78, 5) is 10.7. The van der Waals surface area contributed by atoms with E-state index in [4.69, 9.17) is 0 Å². The zero-order valence-electron chi connectivity index (χ0n) is 12.5. The summed E-state index contributed by atoms with van der Waals surface area (Å²) in [5.41, 5.74) is 0. The first-order chi connectivity index (χ1) is 9.94. The van der Waals surface area contributed by atoms with Crippen molar-refractivity contribution < 1.29 is 8.42 Å². The Labute approximate surface area is 129 Å². The minimum Gasteiger partial charge on any atom is -0.369 e. The Kier molecular flexibility index (Phi) is 5.13. The van der Waals surface area contributed by atoms with Gasteiger partial charge in [-0.05, 0) is 26.3 Å². The first-order valence-corrected chi connectivity index (χ1v) is 9.25. The normalized spacial score (nSPS) is 12.2. The summed E-state index contributed by atoms with van der Waals surface area (Å²) in [6.07, 6.45) is 2.28. The minimum atomic E-state index is -3.09. The van der Waals surface area contributed by atoms with Gasteiger partial charge in [0.1, 0.15) is 17.0 Å². The van der Waals surface area contributed by atoms with E-state index in [0.717, 1.165) is 22.5 Å². The summed E-state index contributed by atoms with van der Waals surface area (Å²) in [5, 5.41) is 4.28. The fourth-order valence-corrected chi connectivity index (χ4v) is 3.68. The molecule has 1 N–H and O–H groups in total. The van der Waals surface area contributed by atoms with Gasteiger partial charge < -0.3 is 5.32 Å². The maximum Gasteiger partial charge on any atom is 0.213 e. The third kappa shape index (κ3) is 3.90. The lowest BCUT2D eigenvalue weighted by molar-refractivity contribution is 0.466. The van der Waals surface area contributed by atoms with Gasteiger partial charge in [-0.3, -0.25) is 0 Å². The molecule has 8 heteroatoms. The van der Waals surface area contributed by atoms with E-state index in [-0.39, 0.29) is 5.75 Å². The second kappa shape index (κ2) is 6.67. The van der Waals surface area contributed by atoms with Crippen LogP contribution in [0.25, 0.3) is 10.2 Å². The van der Waals surface area contributed by atoms with Crippen LogP contribution >= 0.6 is 11.3 Å². The molecule has 0 aliphatic carbocycles. The molecule has 0 amide bonds. The number of fused-ring (bicyclic) bond motifs is 1. The molecule has 0 unspecified atom stereocenters. The van der Waals surface area contributed by atoms with Crippen LogP contribution in [-0.2, 0) is 10.0 Å². The van der Waals surface area contributed by atoms with Gasteiger partial charge in [-0.2, -0.15) is 0 Å². The van der Waals surface area contributed by atoms with Crippen LogP contribution in [-0.4, -0.2) is 48.6 Å². The summed E-state index contributed by atoms with van der Waals surface area (Å²) in [6, 6.07) is 2.07. The van der Waals surface area contributed by atoms with Crippen molar-refractivity contribution in [3.8, 4) is 0 Å². The Morgan fingerprint density at radius 1 is 1.38 bits per heavy atom. The second-order valence-corrected chi connectivity index (χ2v) is 8.40. The average Bonchev–Trinajstić information content (AvgIpc) is 2.84. The van der Waals surface area contributed by atoms with Gasteiger partial charge in [-0.1, -0.05) is 0 Å². The van der Waals surface area contributed by atoms with Gasteiger partial charge in [0, 0.05) is 25.0 Å². The minimum absolute atomic E-state index is 0.137. The van der Waals surface area contributed by atoms with E-state index in [2.05, 4.69) is 21.4 Å². The summed E-state index contributed by atoms with van der Waals surface area (Å²) < 4.78 is 24.7. The number of anilines is 1. The molecule has 2 heterocycles. The van der Waals surface area contributed by atoms with Crippen LogP contribution in [0.15, 0.2) is 12.4 Å². The number of aryl methyl sites for hydroxylation is 1. The van der Waals surface area contributed by atoms with Crippen molar-refractivity contribution in [2.45, 2.75) is 20.3 Å². The van der Waals surface area contributed by atoms with E-state index in [1.165, 1.54) is 9.18 Å². The van der Waals surface area contributed by atoms with E-state index in [1.807, 2.05) is 6.92 Å². The van der Waals surface area contributed by atoms with Crippen LogP contribution in [0.2, 0.25) is 0 Å². The number of hydrogen-bond donors (Lipinski definition) is 1. The maximum absolute atomic E-state index is 11.6. The van der Waals surface area contributed by atoms with Crippen molar-refractivity contribution in [1.29, 1.82) is 0 Å². The van der Waals surface area contributed by atoms with Crippen LogP contribution in [0.1, 0.15) is 18.2 Å². The van der Waals surface area contributed by atoms with Gasteiger partial charge in [0.25, 0.3) is 0 Å². The molecule has 2 aromatic heterocycles. The average molecular weight is 328 g/mol. The van der Waals surface area contributed by atoms with Crippen molar-refractivity contribution in [2.24, 2.45) is 0 Å². The molecule has 6 nitrogen and oxygen atoms in total. The molecule has 0 bridgehead atoms. The fourth-order valence-electron chi connectivity index (χ4n) is 1.98. The van der Waals surface area contributed by atoms with E-state index in [9.17, 15) is 8.42 Å². The second-order valence-electron chi connectivity index (χ2n) is 4.80. The predicted octanol–water partition coefficient (Wildman–Crippen LogP) is 2.08. The molecule has 116 valence electrons. The molecule has 0 aromatic carbocycles. The smallest absolute Gasteiger partial charge is 0.213 e. The van der Waals surface area contributed by atoms with Gasteiger partial charge in [-0.15, -0.1) is 11.3 Å². The Balaban J connectivity index is 1.91. The number of rotatable bonds is 7. The van der Waals surface area contributed by atoms with Crippen LogP contribution in [0.5, 0.6) is 0 Å². The first-order valence-electron chi connectivity index (χ1n) is 6.83. The number of aromatic nitrogens is 2. The van der Waals surface area contributed by atoms with Crippen molar-refractivity contribution in [1.82, 2.24) is 14.3 Å². The zero-order chi connectivity index (χ0) is 15.5. The fraction of sp³-hybridized carbons (Fsp3) is 0.538. The Hall–Kier alpha value is -1.25. The molecule has 0 fully saturated rings. The standard InChI is InChI=1S/C13H20N4O2S2/c1-4-21(18,19)17(3)7-5-6-14-12-11-8-10(2)20-13(11)16-9-15-12/h8-9H,4-7H2,1-3H3,(H,14,15,16). The van der Waals surface area contributed by atoms with Gasteiger partial charge in [-0.25, -0.2) is 22.7 Å². The largest absolute Gasteiger partial charge is 0.369 e. The molecule has 2 rings (SSSR count). The predicted molar refractivity (Wildman–Crippen MR) is 87.3 cm³/mol. The summed E-state index contributed by atoms with van der Waals surface area (Å²) in [5.74, 6) is 0.947. The van der Waals surface area contributed by atoms with Crippen LogP contribution in [0.3, 0.4) is 0 Å². The number of thiophene rings is 1. The van der Waals surface area contributed by atoms with Gasteiger partial charge in [0.2, 0.25) is 10.0 Å². The van der Waals surface area contributed by atoms with Crippen LogP contribution in [0, 0.1) is 6.92 Å². The number of sulfonamides is 1. The molecular formula is C13H20N4O2S2. The van der Waals surface area contributed by atoms with E-state index >= 15 is 0 Å². The van der Waals surface area contributed by atoms with Gasteiger partial charge >= 0.3 is 0 Å². The summed E-state index contributed by atoms with van der Waals surface area (Å²) in [6.45, 7) is 4.87. The summed E-state index contributed by atoms with van der Waals surface area (Å²) >= 11 is 1.64. The van der Waals surface area contributed by atoms with Gasteiger partial charge in [0.05, 0.1) is 11.1 Å². The monoisotopic (exact) mass is 328 g/mol. The molecule has 21 heavy (non-hydrogen) atoms. The van der Waals surface area contributed by atoms with Crippen molar-refractivity contribution in [3.05, 3.63) is 17.3 Å². The van der Waals surface area contributed by atoms with Crippen molar-refractivity contribution in [3.63, 3.8) is 0 Å². The molecule has 0 radical (unpaired) electrons. The maximum atomic E-state index is 11.6. The molecule has 0 saturated carbocycles. The quantitative estimate of drug-likeness (QED) is 0.788. The Morgan fingerprint density at radius 3 is 2.86 bits per heavy atom. The number of nitrogens with zero attached hydrogens (tertiary/aromatic N) is 3. The van der Waals surface area contributed by atoms with E-state index in [0.29, 0.717) is 13.1 Å². The van der Waals surface area contributed by atoms with E-state index in [1.54, 1.807) is 31.6 Å². The lowest BCUT2D eigenvalue weighted by Crippen LogP contribution is -2.30. The van der Waals surface area contributed by atoms with Crippen molar-refractivity contribution in [2.75, 3.05) is 31.2 Å².